The van der Waals surface area contributed by atoms with E-state index in [1.165, 1.54) is 6.07 Å². The van der Waals surface area contributed by atoms with Crippen molar-refractivity contribution < 1.29 is 23.0 Å². The smallest absolute Gasteiger partial charge is 0.420 e. The highest BCUT2D eigenvalue weighted by Crippen LogP contribution is 2.45. The number of rotatable bonds is 4. The lowest BCUT2D eigenvalue weighted by Gasteiger charge is -2.38. The maximum Gasteiger partial charge on any atom is 0.420 e. The minimum absolute atomic E-state index is 0.0309. The van der Waals surface area contributed by atoms with Gasteiger partial charge in [-0.1, -0.05) is 26.8 Å². The molecule has 0 heterocycles. The molecular weight excluding hydrogens is 391 g/mol. The third kappa shape index (κ3) is 4.96. The van der Waals surface area contributed by atoms with Crippen molar-refractivity contribution >= 4 is 0 Å². The van der Waals surface area contributed by atoms with Crippen LogP contribution in [-0.2, 0) is 19.0 Å². The predicted molar refractivity (Wildman–Crippen MR) is 112 cm³/mol. The zero-order valence-electron chi connectivity index (χ0n) is 18.6. The number of hydrogen-bond donors (Lipinski definition) is 2. The highest BCUT2D eigenvalue weighted by atomic mass is 19.4. The molecule has 2 atom stereocenters. The molecule has 30 heavy (non-hydrogen) atoms. The van der Waals surface area contributed by atoms with Crippen LogP contribution in [0.15, 0.2) is 12.1 Å². The summed E-state index contributed by atoms with van der Waals surface area (Å²) in [6, 6.07) is 3.26. The van der Waals surface area contributed by atoms with E-state index >= 15 is 0 Å². The lowest BCUT2D eigenvalue weighted by Crippen LogP contribution is -2.49. The van der Waals surface area contributed by atoms with E-state index in [9.17, 15) is 18.3 Å². The van der Waals surface area contributed by atoms with E-state index in [0.717, 1.165) is 25.7 Å². The summed E-state index contributed by atoms with van der Waals surface area (Å²) in [5.74, 6) is 0.504. The average Bonchev–Trinajstić information content (AvgIpc) is 2.66. The standard InChI is InChI=1S/C24H36F3NO2/c1-22(2,3)16-6-9-18(10-7-16)30-20-12-5-15-13-17(23(4,28)14-29)8-11-19(15)21(20)24(25,26)27/h5,12,16-18,29H,6-11,13-14,28H2,1-4H3. The Morgan fingerprint density at radius 2 is 1.63 bits per heavy atom. The van der Waals surface area contributed by atoms with Gasteiger partial charge in [0.05, 0.1) is 12.7 Å². The van der Waals surface area contributed by atoms with Crippen molar-refractivity contribution in [3.8, 4) is 5.75 Å². The van der Waals surface area contributed by atoms with Crippen LogP contribution in [0.25, 0.3) is 0 Å². The van der Waals surface area contributed by atoms with Crippen LogP contribution in [0.5, 0.6) is 5.75 Å². The maximum absolute atomic E-state index is 14.1. The van der Waals surface area contributed by atoms with Crippen LogP contribution in [0.4, 0.5) is 13.2 Å². The first-order valence-corrected chi connectivity index (χ1v) is 11.1. The van der Waals surface area contributed by atoms with Gasteiger partial charge >= 0.3 is 6.18 Å². The Balaban J connectivity index is 1.82. The van der Waals surface area contributed by atoms with Crippen LogP contribution in [0.1, 0.15) is 76.5 Å². The van der Waals surface area contributed by atoms with Gasteiger partial charge in [-0.2, -0.15) is 13.2 Å². The molecule has 1 saturated carbocycles. The van der Waals surface area contributed by atoms with Crippen molar-refractivity contribution in [2.75, 3.05) is 6.61 Å². The second-order valence-corrected chi connectivity index (χ2v) is 10.6. The molecule has 0 bridgehead atoms. The average molecular weight is 428 g/mol. The van der Waals surface area contributed by atoms with Gasteiger partial charge in [-0.15, -0.1) is 0 Å². The molecular formula is C24H36F3NO2. The Labute approximate surface area is 178 Å². The molecule has 1 aromatic rings. The fraction of sp³-hybridized carbons (Fsp3) is 0.750. The largest absolute Gasteiger partial charge is 0.490 e. The van der Waals surface area contributed by atoms with E-state index < -0.39 is 17.3 Å². The second kappa shape index (κ2) is 8.34. The van der Waals surface area contributed by atoms with Crippen LogP contribution in [-0.4, -0.2) is 23.4 Å². The number of nitrogens with two attached hydrogens (primary N) is 1. The Morgan fingerprint density at radius 3 is 2.17 bits per heavy atom. The van der Waals surface area contributed by atoms with Crippen LogP contribution in [0, 0.1) is 17.3 Å². The molecule has 2 aliphatic carbocycles. The number of halogens is 3. The monoisotopic (exact) mass is 427 g/mol. The Morgan fingerprint density at radius 1 is 1.00 bits per heavy atom. The fourth-order valence-corrected chi connectivity index (χ4v) is 5.16. The number of fused-ring (bicyclic) bond motifs is 1. The zero-order valence-corrected chi connectivity index (χ0v) is 18.6. The van der Waals surface area contributed by atoms with Gasteiger partial charge in [-0.05, 0) is 86.3 Å². The van der Waals surface area contributed by atoms with Crippen LogP contribution in [0.2, 0.25) is 0 Å². The summed E-state index contributed by atoms with van der Waals surface area (Å²) in [7, 11) is 0. The van der Waals surface area contributed by atoms with Crippen LogP contribution >= 0.6 is 0 Å². The number of aliphatic hydroxyl groups is 1. The number of ether oxygens (including phenoxy) is 1. The lowest BCUT2D eigenvalue weighted by atomic mass is 9.72. The highest BCUT2D eigenvalue weighted by Gasteiger charge is 2.42. The van der Waals surface area contributed by atoms with Gasteiger partial charge < -0.3 is 15.6 Å². The number of hydrogen-bond acceptors (Lipinski definition) is 3. The summed E-state index contributed by atoms with van der Waals surface area (Å²) in [6.07, 6.45) is 0.208. The summed E-state index contributed by atoms with van der Waals surface area (Å²) in [5, 5.41) is 9.55. The molecule has 0 amide bonds. The molecule has 0 aliphatic heterocycles. The van der Waals surface area contributed by atoms with Gasteiger partial charge in [0.15, 0.2) is 0 Å². The zero-order chi connectivity index (χ0) is 22.3. The van der Waals surface area contributed by atoms with Crippen LogP contribution in [0.3, 0.4) is 0 Å². The fourth-order valence-electron chi connectivity index (χ4n) is 5.16. The molecule has 2 unspecified atom stereocenters. The molecule has 0 radical (unpaired) electrons. The van der Waals surface area contributed by atoms with E-state index in [-0.39, 0.29) is 29.8 Å². The Hall–Kier alpha value is -1.27. The predicted octanol–water partition coefficient (Wildman–Crippen LogP) is 5.50. The quantitative estimate of drug-likeness (QED) is 0.667. The van der Waals surface area contributed by atoms with Crippen molar-refractivity contribution in [2.24, 2.45) is 23.0 Å². The second-order valence-electron chi connectivity index (χ2n) is 10.6. The highest BCUT2D eigenvalue weighted by molar-refractivity contribution is 5.48. The first-order chi connectivity index (χ1) is 13.8. The van der Waals surface area contributed by atoms with Crippen molar-refractivity contribution in [3.63, 3.8) is 0 Å². The molecule has 2 aliphatic rings. The molecule has 3 rings (SSSR count). The molecule has 1 fully saturated rings. The minimum Gasteiger partial charge on any atom is -0.490 e. The van der Waals surface area contributed by atoms with E-state index in [4.69, 9.17) is 10.5 Å². The molecule has 0 saturated heterocycles. The number of benzene rings is 1. The molecule has 0 aromatic heterocycles. The van der Waals surface area contributed by atoms with Gasteiger partial charge in [0, 0.05) is 5.54 Å². The first-order valence-electron chi connectivity index (χ1n) is 11.1. The van der Waals surface area contributed by atoms with E-state index in [2.05, 4.69) is 20.8 Å². The van der Waals surface area contributed by atoms with Crippen molar-refractivity contribution in [2.45, 2.75) is 90.5 Å². The van der Waals surface area contributed by atoms with Crippen molar-refractivity contribution in [1.82, 2.24) is 0 Å². The Bertz CT molecular complexity index is 744. The molecule has 170 valence electrons. The summed E-state index contributed by atoms with van der Waals surface area (Å²) >= 11 is 0. The van der Waals surface area contributed by atoms with E-state index in [1.807, 2.05) is 0 Å². The molecule has 6 heteroatoms. The Kier molecular flexibility index (Phi) is 6.51. The van der Waals surface area contributed by atoms with Crippen molar-refractivity contribution in [3.05, 3.63) is 28.8 Å². The summed E-state index contributed by atoms with van der Waals surface area (Å²) in [4.78, 5) is 0. The number of aliphatic hydroxyl groups excluding tert-OH is 1. The van der Waals surface area contributed by atoms with E-state index in [1.54, 1.807) is 13.0 Å². The molecule has 3 nitrogen and oxygen atoms in total. The SMILES string of the molecule is CC(C)(C)C1CCC(Oc2ccc3c(c2C(F)(F)F)CCC(C(C)(N)CO)C3)CC1. The first kappa shape index (κ1) is 23.4. The van der Waals surface area contributed by atoms with Gasteiger partial charge in [0.2, 0.25) is 0 Å². The van der Waals surface area contributed by atoms with Gasteiger partial charge in [0.25, 0.3) is 0 Å². The maximum atomic E-state index is 14.1. The summed E-state index contributed by atoms with van der Waals surface area (Å²) in [6.45, 7) is 8.25. The molecule has 1 aromatic carbocycles. The third-order valence-corrected chi connectivity index (χ3v) is 7.33. The third-order valence-electron chi connectivity index (χ3n) is 7.33. The summed E-state index contributed by atoms with van der Waals surface area (Å²) in [5.41, 5.74) is 6.00. The van der Waals surface area contributed by atoms with Crippen LogP contribution < -0.4 is 10.5 Å². The van der Waals surface area contributed by atoms with Gasteiger partial charge in [-0.3, -0.25) is 0 Å². The van der Waals surface area contributed by atoms with Gasteiger partial charge in [-0.25, -0.2) is 0 Å². The molecule has 3 N–H and O–H groups in total. The molecule has 0 spiro atoms. The topological polar surface area (TPSA) is 55.5 Å². The lowest BCUT2D eigenvalue weighted by molar-refractivity contribution is -0.140. The van der Waals surface area contributed by atoms with Gasteiger partial charge in [0.1, 0.15) is 11.3 Å². The van der Waals surface area contributed by atoms with E-state index in [0.29, 0.717) is 36.3 Å². The van der Waals surface area contributed by atoms with Crippen molar-refractivity contribution in [1.29, 1.82) is 0 Å². The summed E-state index contributed by atoms with van der Waals surface area (Å²) < 4.78 is 48.2. The normalized spacial score (nSPS) is 27.3. The number of alkyl halides is 3. The minimum atomic E-state index is -4.46.